The van der Waals surface area contributed by atoms with Gasteiger partial charge in [0.05, 0.1) is 21.1 Å². The SMILES string of the molecule is Cc1nc2ccccc2n1[C@@H]1C[C@H]2CC[C@@H](C1)N2CCCC1(c2ccc(Cl)c(Cl)c2)CCN(C(=O)OC(C)(C)C)CC1. The van der Waals surface area contributed by atoms with Crippen molar-refractivity contribution >= 4 is 40.3 Å². The molecule has 6 rings (SSSR count). The van der Waals surface area contributed by atoms with E-state index < -0.39 is 5.60 Å². The Balaban J connectivity index is 1.13. The predicted molar refractivity (Wildman–Crippen MR) is 171 cm³/mol. The maximum atomic E-state index is 12.8. The number of nitrogens with zero attached hydrogens (tertiary/aromatic N) is 4. The third kappa shape index (κ3) is 5.92. The molecular formula is C34H44Cl2N4O2. The summed E-state index contributed by atoms with van der Waals surface area (Å²) < 4.78 is 8.19. The van der Waals surface area contributed by atoms with Crippen LogP contribution in [0.5, 0.6) is 0 Å². The van der Waals surface area contributed by atoms with Gasteiger partial charge in [-0.2, -0.15) is 0 Å². The van der Waals surface area contributed by atoms with E-state index in [1.54, 1.807) is 0 Å². The molecule has 0 radical (unpaired) electrons. The number of piperidine rings is 2. The highest BCUT2D eigenvalue weighted by atomic mass is 35.5. The monoisotopic (exact) mass is 610 g/mol. The number of ether oxygens (including phenoxy) is 1. The minimum Gasteiger partial charge on any atom is -0.444 e. The summed E-state index contributed by atoms with van der Waals surface area (Å²) in [6, 6.07) is 16.5. The highest BCUT2D eigenvalue weighted by Crippen LogP contribution is 2.45. The van der Waals surface area contributed by atoms with Crippen molar-refractivity contribution in [2.24, 2.45) is 0 Å². The van der Waals surface area contributed by atoms with Crippen LogP contribution < -0.4 is 0 Å². The Morgan fingerprint density at radius 1 is 1.00 bits per heavy atom. The normalized spacial score (nSPS) is 24.3. The molecule has 0 unspecified atom stereocenters. The number of benzene rings is 2. The summed E-state index contributed by atoms with van der Waals surface area (Å²) in [5.74, 6) is 1.13. The van der Waals surface area contributed by atoms with Crippen LogP contribution in [0.1, 0.15) is 89.6 Å². The zero-order valence-corrected chi connectivity index (χ0v) is 26.9. The van der Waals surface area contributed by atoms with Gasteiger partial charge in [0.15, 0.2) is 0 Å². The number of aryl methyl sites for hydroxylation is 1. The van der Waals surface area contributed by atoms with Crippen LogP contribution in [0.2, 0.25) is 10.0 Å². The topological polar surface area (TPSA) is 50.6 Å². The quantitative estimate of drug-likeness (QED) is 0.280. The second-order valence-electron chi connectivity index (χ2n) is 13.7. The fraction of sp³-hybridized carbons (Fsp3) is 0.588. The van der Waals surface area contributed by atoms with Crippen LogP contribution in [-0.2, 0) is 10.2 Å². The van der Waals surface area contributed by atoms with Gasteiger partial charge in [0.1, 0.15) is 11.4 Å². The van der Waals surface area contributed by atoms with Crippen molar-refractivity contribution in [3.8, 4) is 0 Å². The van der Waals surface area contributed by atoms with Gasteiger partial charge in [-0.15, -0.1) is 0 Å². The first-order valence-corrected chi connectivity index (χ1v) is 16.4. The van der Waals surface area contributed by atoms with E-state index in [-0.39, 0.29) is 11.5 Å². The highest BCUT2D eigenvalue weighted by molar-refractivity contribution is 6.42. The third-order valence-electron chi connectivity index (χ3n) is 9.97. The first-order valence-electron chi connectivity index (χ1n) is 15.7. The van der Waals surface area contributed by atoms with E-state index in [0.717, 1.165) is 43.6 Å². The van der Waals surface area contributed by atoms with Gasteiger partial charge in [-0.3, -0.25) is 4.90 Å². The van der Waals surface area contributed by atoms with Crippen molar-refractivity contribution in [2.75, 3.05) is 19.6 Å². The Bertz CT molecular complexity index is 1430. The van der Waals surface area contributed by atoms with Gasteiger partial charge in [0.25, 0.3) is 0 Å². The summed E-state index contributed by atoms with van der Waals surface area (Å²) in [4.78, 5) is 22.4. The van der Waals surface area contributed by atoms with E-state index in [2.05, 4.69) is 52.8 Å². The molecule has 1 aromatic heterocycles. The van der Waals surface area contributed by atoms with Crippen LogP contribution >= 0.6 is 23.2 Å². The van der Waals surface area contributed by atoms with Crippen LogP contribution in [0.3, 0.4) is 0 Å². The number of hydrogen-bond donors (Lipinski definition) is 0. The summed E-state index contributed by atoms with van der Waals surface area (Å²) >= 11 is 12.8. The van der Waals surface area contributed by atoms with Gasteiger partial charge in [-0.25, -0.2) is 9.78 Å². The Kier molecular flexibility index (Phi) is 8.27. The molecule has 0 N–H and O–H groups in total. The van der Waals surface area contributed by atoms with Gasteiger partial charge in [0, 0.05) is 31.2 Å². The average Bonchev–Trinajstić information content (AvgIpc) is 3.39. The van der Waals surface area contributed by atoms with Gasteiger partial charge in [0.2, 0.25) is 0 Å². The number of fused-ring (bicyclic) bond motifs is 3. The molecule has 3 atom stereocenters. The van der Waals surface area contributed by atoms with E-state index in [4.69, 9.17) is 32.9 Å². The van der Waals surface area contributed by atoms with Crippen molar-refractivity contribution in [2.45, 2.75) is 108 Å². The molecule has 2 aromatic carbocycles. The number of likely N-dealkylation sites (tertiary alicyclic amines) is 1. The number of imidazole rings is 1. The number of carbonyl (C=O) groups excluding carboxylic acids is 1. The number of amides is 1. The zero-order valence-electron chi connectivity index (χ0n) is 25.4. The highest BCUT2D eigenvalue weighted by Gasteiger charge is 2.43. The lowest BCUT2D eigenvalue weighted by atomic mass is 9.69. The lowest BCUT2D eigenvalue weighted by molar-refractivity contribution is 0.0153. The fourth-order valence-electron chi connectivity index (χ4n) is 8.00. The van der Waals surface area contributed by atoms with Crippen LogP contribution in [-0.4, -0.2) is 62.8 Å². The molecule has 42 heavy (non-hydrogen) atoms. The Hall–Kier alpha value is -2.28. The van der Waals surface area contributed by atoms with E-state index in [0.29, 0.717) is 41.3 Å². The molecule has 2 bridgehead atoms. The summed E-state index contributed by atoms with van der Waals surface area (Å²) in [6.45, 7) is 10.4. The molecule has 226 valence electrons. The van der Waals surface area contributed by atoms with Gasteiger partial charge < -0.3 is 14.2 Å². The molecule has 0 spiro atoms. The van der Waals surface area contributed by atoms with Crippen LogP contribution in [0.4, 0.5) is 4.79 Å². The molecule has 8 heteroatoms. The minimum atomic E-state index is -0.494. The number of aromatic nitrogens is 2. The largest absolute Gasteiger partial charge is 0.444 e. The summed E-state index contributed by atoms with van der Waals surface area (Å²) in [5, 5.41) is 1.19. The zero-order chi connectivity index (χ0) is 29.6. The van der Waals surface area contributed by atoms with E-state index in [9.17, 15) is 4.79 Å². The summed E-state index contributed by atoms with van der Waals surface area (Å²) in [7, 11) is 0. The van der Waals surface area contributed by atoms with Gasteiger partial charge >= 0.3 is 6.09 Å². The standard InChI is InChI=1S/C34H44Cl2N4O2/c1-23-37-30-8-5-6-9-31(30)40(23)27-21-25-11-12-26(22-27)39(25)17-7-14-34(24-10-13-28(35)29(36)20-24)15-18-38(19-16-34)32(41)42-33(2,3)4/h5-6,8-10,13,20,25-27H,7,11-12,14-19,21-22H2,1-4H3/t25-,26+,27-. The lowest BCUT2D eigenvalue weighted by Crippen LogP contribution is -2.47. The number of rotatable bonds is 6. The van der Waals surface area contributed by atoms with Crippen LogP contribution in [0, 0.1) is 6.92 Å². The Labute approximate surface area is 260 Å². The second kappa shape index (κ2) is 11.7. The first-order chi connectivity index (χ1) is 20.0. The van der Waals surface area contributed by atoms with Crippen molar-refractivity contribution in [3.63, 3.8) is 0 Å². The molecule has 3 fully saturated rings. The summed E-state index contributed by atoms with van der Waals surface area (Å²) in [5.41, 5.74) is 3.09. The van der Waals surface area contributed by atoms with Crippen molar-refractivity contribution in [1.29, 1.82) is 0 Å². The molecule has 0 saturated carbocycles. The van der Waals surface area contributed by atoms with Gasteiger partial charge in [-0.05, 0) is 121 Å². The maximum absolute atomic E-state index is 12.8. The molecule has 0 aliphatic carbocycles. The smallest absolute Gasteiger partial charge is 0.410 e. The molecule has 6 nitrogen and oxygen atoms in total. The Morgan fingerprint density at radius 2 is 1.69 bits per heavy atom. The van der Waals surface area contributed by atoms with Crippen LogP contribution in [0.15, 0.2) is 42.5 Å². The van der Waals surface area contributed by atoms with Crippen molar-refractivity contribution in [1.82, 2.24) is 19.4 Å². The van der Waals surface area contributed by atoms with Crippen LogP contribution in [0.25, 0.3) is 11.0 Å². The Morgan fingerprint density at radius 3 is 2.36 bits per heavy atom. The number of carbonyl (C=O) groups is 1. The lowest BCUT2D eigenvalue weighted by Gasteiger charge is -2.44. The molecule has 1 amide bonds. The molecule has 3 aromatic rings. The van der Waals surface area contributed by atoms with E-state index in [1.807, 2.05) is 31.7 Å². The number of hydrogen-bond acceptors (Lipinski definition) is 4. The van der Waals surface area contributed by atoms with Crippen molar-refractivity contribution in [3.05, 3.63) is 63.9 Å². The molecule has 4 heterocycles. The van der Waals surface area contributed by atoms with Gasteiger partial charge in [-0.1, -0.05) is 41.4 Å². The van der Waals surface area contributed by atoms with E-state index in [1.165, 1.54) is 36.8 Å². The molecule has 3 aliphatic heterocycles. The molecule has 3 saturated heterocycles. The fourth-order valence-corrected chi connectivity index (χ4v) is 8.30. The minimum absolute atomic E-state index is 0.0308. The maximum Gasteiger partial charge on any atom is 0.410 e. The van der Waals surface area contributed by atoms with Crippen molar-refractivity contribution < 1.29 is 9.53 Å². The first kappa shape index (κ1) is 29.8. The summed E-state index contributed by atoms with van der Waals surface area (Å²) in [6.07, 6.45) is 8.73. The second-order valence-corrected chi connectivity index (χ2v) is 14.6. The predicted octanol–water partition coefficient (Wildman–Crippen LogP) is 8.57. The van der Waals surface area contributed by atoms with E-state index >= 15 is 0 Å². The number of halogens is 2. The third-order valence-corrected chi connectivity index (χ3v) is 10.7. The molecule has 3 aliphatic rings. The average molecular weight is 612 g/mol. The number of para-hydroxylation sites is 2. The molecular weight excluding hydrogens is 567 g/mol.